The number of fused-ring (bicyclic) bond motifs is 4. The SMILES string of the molecule is C=CC12C=CC(CC1)C2.C=CC1CC2C=CC1C2. The maximum Gasteiger partial charge on any atom is 0.00642 e. The summed E-state index contributed by atoms with van der Waals surface area (Å²) in [6.07, 6.45) is 20.5. The summed E-state index contributed by atoms with van der Waals surface area (Å²) in [6.45, 7) is 7.69. The average molecular weight is 240 g/mol. The van der Waals surface area contributed by atoms with Gasteiger partial charge in [-0.25, -0.2) is 0 Å². The Balaban J connectivity index is 0.000000111. The Kier molecular flexibility index (Phi) is 3.05. The van der Waals surface area contributed by atoms with Gasteiger partial charge in [0.1, 0.15) is 0 Å². The second kappa shape index (κ2) is 4.57. The van der Waals surface area contributed by atoms with Crippen molar-refractivity contribution in [1.29, 1.82) is 0 Å². The van der Waals surface area contributed by atoms with Crippen molar-refractivity contribution in [3.8, 4) is 0 Å². The first kappa shape index (κ1) is 12.0. The van der Waals surface area contributed by atoms with Crippen molar-refractivity contribution in [3.63, 3.8) is 0 Å². The zero-order valence-corrected chi connectivity index (χ0v) is 11.2. The molecule has 0 aromatic heterocycles. The summed E-state index contributed by atoms with van der Waals surface area (Å²) in [6, 6.07) is 0. The predicted octanol–water partition coefficient (Wildman–Crippen LogP) is 4.91. The highest BCUT2D eigenvalue weighted by molar-refractivity contribution is 5.21. The van der Waals surface area contributed by atoms with Crippen molar-refractivity contribution in [2.24, 2.45) is 29.1 Å². The van der Waals surface area contributed by atoms with Crippen LogP contribution in [-0.2, 0) is 0 Å². The van der Waals surface area contributed by atoms with Crippen molar-refractivity contribution >= 4 is 0 Å². The van der Waals surface area contributed by atoms with Gasteiger partial charge in [-0.05, 0) is 55.8 Å². The van der Waals surface area contributed by atoms with Crippen LogP contribution in [0.3, 0.4) is 0 Å². The lowest BCUT2D eigenvalue weighted by molar-refractivity contribution is 0.525. The summed E-state index contributed by atoms with van der Waals surface area (Å²) in [5, 5.41) is 0. The van der Waals surface area contributed by atoms with Crippen LogP contribution >= 0.6 is 0 Å². The third-order valence-electron chi connectivity index (χ3n) is 5.36. The molecule has 2 saturated carbocycles. The summed E-state index contributed by atoms with van der Waals surface area (Å²) >= 11 is 0. The minimum Gasteiger partial charge on any atom is -0.103 e. The first-order chi connectivity index (χ1) is 8.74. The molecule has 5 atom stereocenters. The predicted molar refractivity (Wildman–Crippen MR) is 78.2 cm³/mol. The highest BCUT2D eigenvalue weighted by Crippen LogP contribution is 2.49. The zero-order chi connectivity index (χ0) is 12.6. The van der Waals surface area contributed by atoms with Crippen molar-refractivity contribution in [1.82, 2.24) is 0 Å². The Hall–Kier alpha value is -1.04. The molecule has 0 amide bonds. The summed E-state index contributed by atoms with van der Waals surface area (Å²) in [5.74, 6) is 3.45. The maximum atomic E-state index is 3.86. The molecule has 0 nitrogen and oxygen atoms in total. The molecule has 0 aromatic rings. The minimum atomic E-state index is 0.435. The lowest BCUT2D eigenvalue weighted by Crippen LogP contribution is -2.05. The van der Waals surface area contributed by atoms with E-state index >= 15 is 0 Å². The summed E-state index contributed by atoms with van der Waals surface area (Å²) < 4.78 is 0. The number of rotatable bonds is 2. The normalized spacial score (nSPS) is 46.0. The van der Waals surface area contributed by atoms with Crippen molar-refractivity contribution in [2.75, 3.05) is 0 Å². The Bertz CT molecular complexity index is 400. The molecular weight excluding hydrogens is 216 g/mol. The Morgan fingerprint density at radius 1 is 1.06 bits per heavy atom. The molecule has 96 valence electrons. The molecule has 0 saturated heterocycles. The quantitative estimate of drug-likeness (QED) is 0.601. The lowest BCUT2D eigenvalue weighted by Gasteiger charge is -2.16. The second-order valence-electron chi connectivity index (χ2n) is 6.48. The first-order valence-electron chi connectivity index (χ1n) is 7.38. The molecule has 18 heavy (non-hydrogen) atoms. The molecule has 0 aliphatic heterocycles. The second-order valence-corrected chi connectivity index (χ2v) is 6.48. The average Bonchev–Trinajstić information content (AvgIpc) is 3.18. The van der Waals surface area contributed by atoms with E-state index in [-0.39, 0.29) is 0 Å². The van der Waals surface area contributed by atoms with E-state index in [1.807, 2.05) is 0 Å². The molecule has 5 unspecified atom stereocenters. The van der Waals surface area contributed by atoms with E-state index in [1.165, 1.54) is 32.1 Å². The molecule has 0 spiro atoms. The topological polar surface area (TPSA) is 0 Å². The van der Waals surface area contributed by atoms with Gasteiger partial charge in [-0.15, -0.1) is 13.2 Å². The van der Waals surface area contributed by atoms with Crippen LogP contribution in [-0.4, -0.2) is 0 Å². The zero-order valence-electron chi connectivity index (χ0n) is 11.2. The molecule has 0 aromatic carbocycles. The monoisotopic (exact) mass is 240 g/mol. The van der Waals surface area contributed by atoms with E-state index in [9.17, 15) is 0 Å². The molecule has 0 N–H and O–H groups in total. The van der Waals surface area contributed by atoms with Crippen LogP contribution in [0.5, 0.6) is 0 Å². The van der Waals surface area contributed by atoms with Crippen LogP contribution in [0.25, 0.3) is 0 Å². The van der Waals surface area contributed by atoms with Crippen molar-refractivity contribution < 1.29 is 0 Å². The van der Waals surface area contributed by atoms with Gasteiger partial charge in [-0.3, -0.25) is 0 Å². The number of hydrogen-bond acceptors (Lipinski definition) is 0. The summed E-state index contributed by atoms with van der Waals surface area (Å²) in [4.78, 5) is 0. The van der Waals surface area contributed by atoms with Crippen LogP contribution in [0.15, 0.2) is 49.6 Å². The molecule has 2 fully saturated rings. The summed E-state index contributed by atoms with van der Waals surface area (Å²) in [5.41, 5.74) is 0.435. The fourth-order valence-electron chi connectivity index (χ4n) is 4.14. The third kappa shape index (κ3) is 2.02. The van der Waals surface area contributed by atoms with Crippen LogP contribution in [0, 0.1) is 29.1 Å². The van der Waals surface area contributed by atoms with E-state index in [1.54, 1.807) is 0 Å². The van der Waals surface area contributed by atoms with E-state index in [0.29, 0.717) is 5.41 Å². The van der Waals surface area contributed by atoms with Gasteiger partial charge in [0, 0.05) is 5.41 Å². The van der Waals surface area contributed by atoms with Gasteiger partial charge in [-0.1, -0.05) is 36.5 Å². The Labute approximate surface area is 111 Å². The van der Waals surface area contributed by atoms with E-state index in [4.69, 9.17) is 0 Å². The van der Waals surface area contributed by atoms with Gasteiger partial charge in [0.25, 0.3) is 0 Å². The van der Waals surface area contributed by atoms with Crippen LogP contribution < -0.4 is 0 Å². The molecule has 4 aliphatic carbocycles. The van der Waals surface area contributed by atoms with Gasteiger partial charge in [0.05, 0.1) is 0 Å². The minimum absolute atomic E-state index is 0.435. The van der Waals surface area contributed by atoms with Crippen molar-refractivity contribution in [3.05, 3.63) is 49.6 Å². The Morgan fingerprint density at radius 2 is 1.94 bits per heavy atom. The fourth-order valence-corrected chi connectivity index (χ4v) is 4.14. The summed E-state index contributed by atoms with van der Waals surface area (Å²) in [7, 11) is 0. The smallest absolute Gasteiger partial charge is 0.00642 e. The number of allylic oxidation sites excluding steroid dienone is 6. The number of hydrogen-bond donors (Lipinski definition) is 0. The molecule has 4 rings (SSSR count). The molecular formula is C18H24. The van der Waals surface area contributed by atoms with Crippen LogP contribution in [0.4, 0.5) is 0 Å². The van der Waals surface area contributed by atoms with E-state index < -0.39 is 0 Å². The first-order valence-corrected chi connectivity index (χ1v) is 7.38. The highest BCUT2D eigenvalue weighted by Gasteiger charge is 2.37. The van der Waals surface area contributed by atoms with Gasteiger partial charge in [0.2, 0.25) is 0 Å². The third-order valence-corrected chi connectivity index (χ3v) is 5.36. The molecule has 0 heteroatoms. The van der Waals surface area contributed by atoms with Crippen LogP contribution in [0.2, 0.25) is 0 Å². The lowest BCUT2D eigenvalue weighted by atomic mass is 9.88. The molecule has 0 radical (unpaired) electrons. The fraction of sp³-hybridized carbons (Fsp3) is 0.556. The maximum absolute atomic E-state index is 3.86. The van der Waals surface area contributed by atoms with Crippen molar-refractivity contribution in [2.45, 2.75) is 32.1 Å². The van der Waals surface area contributed by atoms with E-state index in [2.05, 4.69) is 49.6 Å². The van der Waals surface area contributed by atoms with Gasteiger partial charge in [0.15, 0.2) is 0 Å². The highest BCUT2D eigenvalue weighted by atomic mass is 14.4. The molecule has 4 bridgehead atoms. The Morgan fingerprint density at radius 3 is 2.22 bits per heavy atom. The molecule has 4 aliphatic rings. The van der Waals surface area contributed by atoms with Gasteiger partial charge in [-0.2, -0.15) is 0 Å². The van der Waals surface area contributed by atoms with Gasteiger partial charge < -0.3 is 0 Å². The van der Waals surface area contributed by atoms with E-state index in [0.717, 1.165) is 23.7 Å². The molecule has 0 heterocycles. The van der Waals surface area contributed by atoms with Gasteiger partial charge >= 0.3 is 0 Å². The van der Waals surface area contributed by atoms with Crippen LogP contribution in [0.1, 0.15) is 32.1 Å². The standard InChI is InChI=1S/2C9H12/c1-2-9-5-3-8(7-9)4-6-9;1-2-8-5-7-3-4-9(8)6-7/h2-3,5,8H,1,4,6-7H2;2-4,7-9H,1,5-6H2. The largest absolute Gasteiger partial charge is 0.103 e.